The van der Waals surface area contributed by atoms with Gasteiger partial charge >= 0.3 is 0 Å². The molecule has 0 atom stereocenters. The van der Waals surface area contributed by atoms with Gasteiger partial charge in [0.05, 0.1) is 0 Å². The van der Waals surface area contributed by atoms with Crippen LogP contribution in [-0.2, 0) is 4.79 Å². The van der Waals surface area contributed by atoms with E-state index >= 15 is 0 Å². The lowest BCUT2D eigenvalue weighted by Gasteiger charge is -2.20. The van der Waals surface area contributed by atoms with Crippen molar-refractivity contribution in [2.24, 2.45) is 0 Å². The highest BCUT2D eigenvalue weighted by molar-refractivity contribution is 6.00. The Morgan fingerprint density at radius 1 is 1.17 bits per heavy atom. The molecular weight excluding hydrogens is 290 g/mol. The van der Waals surface area contributed by atoms with Crippen LogP contribution in [0.3, 0.4) is 0 Å². The van der Waals surface area contributed by atoms with Gasteiger partial charge in [0, 0.05) is 28.2 Å². The number of hydrogen-bond donors (Lipinski definition) is 3. The predicted octanol–water partition coefficient (Wildman–Crippen LogP) is 3.28. The summed E-state index contributed by atoms with van der Waals surface area (Å²) in [7, 11) is 0. The summed E-state index contributed by atoms with van der Waals surface area (Å²) in [5, 5.41) is 26.3. The van der Waals surface area contributed by atoms with Crippen molar-refractivity contribution in [3.63, 3.8) is 0 Å². The van der Waals surface area contributed by atoms with Gasteiger partial charge < -0.3 is 15.7 Å². The fourth-order valence-corrected chi connectivity index (χ4v) is 2.13. The maximum atomic E-state index is 12.0. The van der Waals surface area contributed by atoms with Crippen LogP contribution in [0.15, 0.2) is 48.2 Å². The van der Waals surface area contributed by atoms with E-state index < -0.39 is 11.4 Å². The first-order valence-electron chi connectivity index (χ1n) is 7.22. The number of nitrogens with zero attached hydrogens (tertiary/aromatic N) is 1. The number of nitriles is 1. The average molecular weight is 309 g/mol. The van der Waals surface area contributed by atoms with E-state index in [1.165, 1.54) is 6.20 Å². The topological polar surface area (TPSA) is 85.2 Å². The molecule has 2 aromatic rings. The highest BCUT2D eigenvalue weighted by Gasteiger charge is 2.17. The summed E-state index contributed by atoms with van der Waals surface area (Å²) in [5.74, 6) is -0.253. The first-order chi connectivity index (χ1) is 10.8. The largest absolute Gasteiger partial charge is 0.507 e. The number of fused-ring (bicyclic) bond motifs is 1. The predicted molar refractivity (Wildman–Crippen MR) is 90.8 cm³/mol. The van der Waals surface area contributed by atoms with Crippen molar-refractivity contribution < 1.29 is 9.90 Å². The Hall–Kier alpha value is -3.00. The van der Waals surface area contributed by atoms with E-state index in [1.54, 1.807) is 24.3 Å². The molecule has 23 heavy (non-hydrogen) atoms. The van der Waals surface area contributed by atoms with Crippen molar-refractivity contribution >= 4 is 22.4 Å². The van der Waals surface area contributed by atoms with E-state index in [-0.39, 0.29) is 11.3 Å². The number of anilines is 1. The number of carbonyl (C=O) groups excluding carboxylic acids is 1. The van der Waals surface area contributed by atoms with Gasteiger partial charge in [-0.1, -0.05) is 24.3 Å². The van der Waals surface area contributed by atoms with Crippen molar-refractivity contribution in [1.29, 1.82) is 5.26 Å². The Balaban J connectivity index is 2.30. The molecule has 0 radical (unpaired) electrons. The number of amides is 1. The molecule has 0 heterocycles. The Kier molecular flexibility index (Phi) is 4.56. The number of nitrogens with one attached hydrogen (secondary N) is 2. The van der Waals surface area contributed by atoms with Gasteiger partial charge in [-0.25, -0.2) is 0 Å². The smallest absolute Gasteiger partial charge is 0.263 e. The molecule has 0 unspecified atom stereocenters. The Bertz CT molecular complexity index is 811. The van der Waals surface area contributed by atoms with Crippen LogP contribution < -0.4 is 10.6 Å². The molecule has 5 nitrogen and oxygen atoms in total. The van der Waals surface area contributed by atoms with Crippen LogP contribution >= 0.6 is 0 Å². The molecule has 0 saturated heterocycles. The third kappa shape index (κ3) is 4.01. The molecule has 3 N–H and O–H groups in total. The maximum absolute atomic E-state index is 12.0. The number of hydrogen-bond acceptors (Lipinski definition) is 4. The number of aromatic hydroxyl groups is 1. The molecule has 118 valence electrons. The van der Waals surface area contributed by atoms with Crippen LogP contribution in [0.5, 0.6) is 5.75 Å². The van der Waals surface area contributed by atoms with Crippen molar-refractivity contribution in [1.82, 2.24) is 5.32 Å². The highest BCUT2D eigenvalue weighted by Crippen LogP contribution is 2.29. The first kappa shape index (κ1) is 16.4. The van der Waals surface area contributed by atoms with Gasteiger partial charge in [-0.2, -0.15) is 5.26 Å². The summed E-state index contributed by atoms with van der Waals surface area (Å²) in [5.41, 5.74) is 0.268. The molecule has 2 rings (SSSR count). The molecule has 5 heteroatoms. The lowest BCUT2D eigenvalue weighted by atomic mass is 10.1. The van der Waals surface area contributed by atoms with Gasteiger partial charge in [0.25, 0.3) is 5.91 Å². The van der Waals surface area contributed by atoms with Gasteiger partial charge in [-0.05, 0) is 32.9 Å². The van der Waals surface area contributed by atoms with E-state index in [0.29, 0.717) is 11.1 Å². The molecule has 0 bridgehead atoms. The van der Waals surface area contributed by atoms with Crippen molar-refractivity contribution in [2.75, 3.05) is 5.32 Å². The lowest BCUT2D eigenvalue weighted by molar-refractivity contribution is -0.118. The number of rotatable bonds is 3. The summed E-state index contributed by atoms with van der Waals surface area (Å²) in [6.45, 7) is 5.54. The molecule has 1 amide bonds. The Morgan fingerprint density at radius 2 is 1.83 bits per heavy atom. The molecular formula is C18H19N3O2. The van der Waals surface area contributed by atoms with Gasteiger partial charge in [-0.3, -0.25) is 4.79 Å². The molecule has 0 spiro atoms. The monoisotopic (exact) mass is 309 g/mol. The summed E-state index contributed by atoms with van der Waals surface area (Å²) < 4.78 is 0. The first-order valence-corrected chi connectivity index (χ1v) is 7.22. The highest BCUT2D eigenvalue weighted by atomic mass is 16.3. The molecule has 0 fully saturated rings. The standard InChI is InChI=1S/C18H19N3O2/c1-18(2,3)21-17(23)12(10-19)11-20-15-8-4-7-14-13(15)6-5-9-16(14)22/h4-9,11,20,22H,1-3H3,(H,21,23)/b12-11-. The van der Waals surface area contributed by atoms with Gasteiger partial charge in [0.2, 0.25) is 0 Å². The normalized spacial score (nSPS) is 11.8. The summed E-state index contributed by atoms with van der Waals surface area (Å²) in [6, 6.07) is 12.5. The van der Waals surface area contributed by atoms with Crippen molar-refractivity contribution in [2.45, 2.75) is 26.3 Å². The zero-order valence-electron chi connectivity index (χ0n) is 13.3. The maximum Gasteiger partial charge on any atom is 0.263 e. The zero-order valence-corrected chi connectivity index (χ0v) is 13.3. The lowest BCUT2D eigenvalue weighted by Crippen LogP contribution is -2.41. The van der Waals surface area contributed by atoms with Crippen LogP contribution in [0.1, 0.15) is 20.8 Å². The quantitative estimate of drug-likeness (QED) is 0.600. The van der Waals surface area contributed by atoms with E-state index in [9.17, 15) is 9.90 Å². The van der Waals surface area contributed by atoms with E-state index in [1.807, 2.05) is 39.0 Å². The van der Waals surface area contributed by atoms with Crippen LogP contribution in [0.4, 0.5) is 5.69 Å². The number of phenols is 1. The second kappa shape index (κ2) is 6.41. The van der Waals surface area contributed by atoms with Gasteiger partial charge in [0.1, 0.15) is 17.4 Å². The van der Waals surface area contributed by atoms with Gasteiger partial charge in [-0.15, -0.1) is 0 Å². The van der Waals surface area contributed by atoms with Crippen LogP contribution in [-0.4, -0.2) is 16.6 Å². The zero-order chi connectivity index (χ0) is 17.0. The molecule has 0 aliphatic heterocycles. The summed E-state index contributed by atoms with van der Waals surface area (Å²) in [6.07, 6.45) is 1.37. The molecule has 0 saturated carbocycles. The van der Waals surface area contributed by atoms with Gasteiger partial charge in [0.15, 0.2) is 0 Å². The van der Waals surface area contributed by atoms with Crippen LogP contribution in [0.25, 0.3) is 10.8 Å². The Morgan fingerprint density at radius 3 is 2.48 bits per heavy atom. The molecule has 0 aliphatic carbocycles. The second-order valence-electron chi connectivity index (χ2n) is 6.20. The van der Waals surface area contributed by atoms with E-state index in [2.05, 4.69) is 10.6 Å². The van der Waals surface area contributed by atoms with Crippen LogP contribution in [0, 0.1) is 11.3 Å². The Labute approximate surface area is 135 Å². The minimum Gasteiger partial charge on any atom is -0.507 e. The number of phenolic OH excluding ortho intramolecular Hbond substituents is 1. The van der Waals surface area contributed by atoms with E-state index in [0.717, 1.165) is 5.39 Å². The number of carbonyl (C=O) groups is 1. The minimum atomic E-state index is -0.435. The fraction of sp³-hybridized carbons (Fsp3) is 0.222. The molecule has 0 aliphatic rings. The minimum absolute atomic E-state index is 0.0166. The molecule has 2 aromatic carbocycles. The summed E-state index contributed by atoms with van der Waals surface area (Å²) >= 11 is 0. The van der Waals surface area contributed by atoms with E-state index in [4.69, 9.17) is 5.26 Å². The third-order valence-corrected chi connectivity index (χ3v) is 3.12. The van der Waals surface area contributed by atoms with Crippen molar-refractivity contribution in [3.05, 3.63) is 48.2 Å². The third-order valence-electron chi connectivity index (χ3n) is 3.12. The van der Waals surface area contributed by atoms with Crippen LogP contribution in [0.2, 0.25) is 0 Å². The summed E-state index contributed by atoms with van der Waals surface area (Å²) in [4.78, 5) is 12.0. The van der Waals surface area contributed by atoms with Crippen molar-refractivity contribution in [3.8, 4) is 11.8 Å². The average Bonchev–Trinajstić information content (AvgIpc) is 2.47. The SMILES string of the molecule is CC(C)(C)NC(=O)/C(C#N)=C\Nc1cccc2c(O)cccc12. The fourth-order valence-electron chi connectivity index (χ4n) is 2.13. The second-order valence-corrected chi connectivity index (χ2v) is 6.20. The number of benzene rings is 2. The molecule has 0 aromatic heterocycles.